The molecule has 0 spiro atoms. The van der Waals surface area contributed by atoms with Gasteiger partial charge < -0.3 is 4.74 Å². The summed E-state index contributed by atoms with van der Waals surface area (Å²) in [5, 5.41) is 0. The van der Waals surface area contributed by atoms with Crippen molar-refractivity contribution >= 4 is 27.7 Å². The van der Waals surface area contributed by atoms with Crippen LogP contribution in [0.3, 0.4) is 0 Å². The zero-order chi connectivity index (χ0) is 11.4. The first kappa shape index (κ1) is 11.5. The molecule has 0 atom stereocenters. The number of hydrogen-bond donors (Lipinski definition) is 0. The van der Waals surface area contributed by atoms with Gasteiger partial charge in [-0.25, -0.2) is 0 Å². The number of nitrogens with zero attached hydrogens (tertiary/aromatic N) is 1. The van der Waals surface area contributed by atoms with E-state index in [1.165, 1.54) is 9.79 Å². The maximum absolute atomic E-state index is 5.18. The van der Waals surface area contributed by atoms with Gasteiger partial charge in [0.2, 0.25) is 0 Å². The fourth-order valence-corrected chi connectivity index (χ4v) is 2.79. The number of pyridine rings is 1. The van der Waals surface area contributed by atoms with Gasteiger partial charge in [-0.15, -0.1) is 0 Å². The Morgan fingerprint density at radius 3 is 2.50 bits per heavy atom. The Balaban J connectivity index is 2.20. The molecule has 0 aliphatic carbocycles. The van der Waals surface area contributed by atoms with E-state index in [0.29, 0.717) is 0 Å². The Bertz CT molecular complexity index is 476. The zero-order valence-electron chi connectivity index (χ0n) is 8.68. The maximum Gasteiger partial charge on any atom is 0.133 e. The second kappa shape index (κ2) is 5.37. The van der Waals surface area contributed by atoms with E-state index < -0.39 is 0 Å². The minimum atomic E-state index is 0.846. The lowest BCUT2D eigenvalue weighted by molar-refractivity contribution is 0.412. The topological polar surface area (TPSA) is 22.1 Å². The number of methoxy groups -OCH3 is 1. The van der Waals surface area contributed by atoms with E-state index in [-0.39, 0.29) is 0 Å². The molecule has 2 nitrogen and oxygen atoms in total. The molecule has 0 saturated carbocycles. The van der Waals surface area contributed by atoms with Crippen LogP contribution in [0.2, 0.25) is 0 Å². The van der Waals surface area contributed by atoms with Crippen LogP contribution in [0, 0.1) is 0 Å². The highest BCUT2D eigenvalue weighted by molar-refractivity contribution is 9.10. The van der Waals surface area contributed by atoms with Gasteiger partial charge in [-0.1, -0.05) is 11.8 Å². The van der Waals surface area contributed by atoms with Crippen LogP contribution in [0.25, 0.3) is 0 Å². The lowest BCUT2D eigenvalue weighted by atomic mass is 10.3. The largest absolute Gasteiger partial charge is 0.496 e. The van der Waals surface area contributed by atoms with Crippen LogP contribution in [0.15, 0.2) is 57.0 Å². The normalized spacial score (nSPS) is 10.1. The first-order chi connectivity index (χ1) is 7.79. The molecule has 82 valence electrons. The van der Waals surface area contributed by atoms with Gasteiger partial charge in [0.25, 0.3) is 0 Å². The van der Waals surface area contributed by atoms with Gasteiger partial charge in [-0.3, -0.25) is 4.98 Å². The second-order valence-corrected chi connectivity index (χ2v) is 5.08. The quantitative estimate of drug-likeness (QED) is 0.854. The van der Waals surface area contributed by atoms with Crippen molar-refractivity contribution in [1.29, 1.82) is 0 Å². The summed E-state index contributed by atoms with van der Waals surface area (Å²) in [6.07, 6.45) is 3.59. The van der Waals surface area contributed by atoms with Crippen LogP contribution in [-0.4, -0.2) is 12.1 Å². The fraction of sp³-hybridized carbons (Fsp3) is 0.0833. The predicted octanol–water partition coefficient (Wildman–Crippen LogP) is 4.00. The highest BCUT2D eigenvalue weighted by Crippen LogP contribution is 2.33. The van der Waals surface area contributed by atoms with Gasteiger partial charge in [-0.2, -0.15) is 0 Å². The minimum Gasteiger partial charge on any atom is -0.496 e. The van der Waals surface area contributed by atoms with E-state index in [0.717, 1.165) is 10.2 Å². The van der Waals surface area contributed by atoms with Crippen LogP contribution in [0.5, 0.6) is 5.75 Å². The van der Waals surface area contributed by atoms with E-state index in [9.17, 15) is 0 Å². The maximum atomic E-state index is 5.18. The van der Waals surface area contributed by atoms with Crippen molar-refractivity contribution in [2.45, 2.75) is 9.79 Å². The summed E-state index contributed by atoms with van der Waals surface area (Å²) in [6, 6.07) is 10.0. The van der Waals surface area contributed by atoms with Crippen molar-refractivity contribution in [3.8, 4) is 5.75 Å². The Labute approximate surface area is 107 Å². The fourth-order valence-electron chi connectivity index (χ4n) is 1.25. The Morgan fingerprint density at radius 1 is 1.12 bits per heavy atom. The number of ether oxygens (including phenoxy) is 1. The first-order valence-corrected chi connectivity index (χ1v) is 6.32. The Hall–Kier alpha value is -1.00. The summed E-state index contributed by atoms with van der Waals surface area (Å²) in [5.41, 5.74) is 0. The predicted molar refractivity (Wildman–Crippen MR) is 69.1 cm³/mol. The second-order valence-electron chi connectivity index (χ2n) is 3.08. The highest BCUT2D eigenvalue weighted by atomic mass is 79.9. The van der Waals surface area contributed by atoms with Crippen molar-refractivity contribution in [3.63, 3.8) is 0 Å². The average molecular weight is 296 g/mol. The van der Waals surface area contributed by atoms with Gasteiger partial charge in [0.1, 0.15) is 5.75 Å². The molecule has 0 saturated heterocycles. The third-order valence-electron chi connectivity index (χ3n) is 2.01. The van der Waals surface area contributed by atoms with E-state index >= 15 is 0 Å². The van der Waals surface area contributed by atoms with Crippen LogP contribution in [0.4, 0.5) is 0 Å². The van der Waals surface area contributed by atoms with E-state index in [1.807, 2.05) is 30.3 Å². The average Bonchev–Trinajstić information content (AvgIpc) is 2.31. The summed E-state index contributed by atoms with van der Waals surface area (Å²) >= 11 is 5.17. The van der Waals surface area contributed by atoms with Crippen LogP contribution in [-0.2, 0) is 0 Å². The smallest absolute Gasteiger partial charge is 0.133 e. The molecule has 1 aromatic carbocycles. The van der Waals surface area contributed by atoms with E-state index in [2.05, 4.69) is 20.9 Å². The van der Waals surface area contributed by atoms with Crippen molar-refractivity contribution in [2.75, 3.05) is 7.11 Å². The molecule has 0 bridgehead atoms. The first-order valence-electron chi connectivity index (χ1n) is 4.71. The molecule has 1 aromatic heterocycles. The highest BCUT2D eigenvalue weighted by Gasteiger charge is 2.02. The molecule has 1 heterocycles. The molecule has 2 aromatic rings. The molecule has 0 unspecified atom stereocenters. The third kappa shape index (κ3) is 2.77. The molecule has 0 aliphatic heterocycles. The van der Waals surface area contributed by atoms with Crippen molar-refractivity contribution in [3.05, 3.63) is 47.2 Å². The summed E-state index contributed by atoms with van der Waals surface area (Å²) in [5.74, 6) is 0.846. The Kier molecular flexibility index (Phi) is 3.85. The van der Waals surface area contributed by atoms with E-state index in [4.69, 9.17) is 4.74 Å². The van der Waals surface area contributed by atoms with Crippen molar-refractivity contribution in [2.24, 2.45) is 0 Å². The van der Waals surface area contributed by atoms with Crippen LogP contribution >= 0.6 is 27.7 Å². The molecule has 4 heteroatoms. The molecular formula is C12H10BrNOS. The van der Waals surface area contributed by atoms with Crippen LogP contribution in [0.1, 0.15) is 0 Å². The number of benzene rings is 1. The molecule has 0 N–H and O–H groups in total. The van der Waals surface area contributed by atoms with E-state index in [1.54, 1.807) is 31.3 Å². The van der Waals surface area contributed by atoms with Gasteiger partial charge in [0, 0.05) is 22.2 Å². The lowest BCUT2D eigenvalue weighted by Gasteiger charge is -2.05. The van der Waals surface area contributed by atoms with Gasteiger partial charge in [-0.05, 0) is 46.3 Å². The number of rotatable bonds is 3. The molecule has 0 amide bonds. The third-order valence-corrected chi connectivity index (χ3v) is 3.63. The summed E-state index contributed by atoms with van der Waals surface area (Å²) in [7, 11) is 1.66. The SMILES string of the molecule is COc1ccc(Sc2ccncc2)cc1Br. The molecule has 0 fully saturated rings. The molecule has 16 heavy (non-hydrogen) atoms. The standard InChI is InChI=1S/C12H10BrNOS/c1-15-12-3-2-10(8-11(12)13)16-9-4-6-14-7-5-9/h2-8H,1H3. The molecular weight excluding hydrogens is 286 g/mol. The summed E-state index contributed by atoms with van der Waals surface area (Å²) in [4.78, 5) is 6.33. The van der Waals surface area contributed by atoms with Crippen molar-refractivity contribution in [1.82, 2.24) is 4.98 Å². The number of halogens is 1. The summed E-state index contributed by atoms with van der Waals surface area (Å²) < 4.78 is 6.15. The number of aromatic nitrogens is 1. The Morgan fingerprint density at radius 2 is 1.88 bits per heavy atom. The molecule has 0 radical (unpaired) electrons. The molecule has 2 rings (SSSR count). The van der Waals surface area contributed by atoms with Gasteiger partial charge in [0.05, 0.1) is 11.6 Å². The number of hydrogen-bond acceptors (Lipinski definition) is 3. The van der Waals surface area contributed by atoms with Gasteiger partial charge >= 0.3 is 0 Å². The van der Waals surface area contributed by atoms with Crippen molar-refractivity contribution < 1.29 is 4.74 Å². The van der Waals surface area contributed by atoms with Crippen LogP contribution < -0.4 is 4.74 Å². The van der Waals surface area contributed by atoms with Gasteiger partial charge in [0.15, 0.2) is 0 Å². The zero-order valence-corrected chi connectivity index (χ0v) is 11.1. The lowest BCUT2D eigenvalue weighted by Crippen LogP contribution is -1.84. The monoisotopic (exact) mass is 295 g/mol. The minimum absolute atomic E-state index is 0.846. The summed E-state index contributed by atoms with van der Waals surface area (Å²) in [6.45, 7) is 0. The molecule has 0 aliphatic rings.